The van der Waals surface area contributed by atoms with Crippen LogP contribution in [-0.2, 0) is 0 Å². The molecule has 1 aromatic rings. The van der Waals surface area contributed by atoms with Gasteiger partial charge in [-0.2, -0.15) is 0 Å². The van der Waals surface area contributed by atoms with Crippen molar-refractivity contribution in [1.29, 1.82) is 0 Å². The first-order valence-corrected chi connectivity index (χ1v) is 6.33. The van der Waals surface area contributed by atoms with Crippen LogP contribution in [0.4, 0.5) is 5.69 Å². The Morgan fingerprint density at radius 3 is 2.75 bits per heavy atom. The third kappa shape index (κ3) is 4.20. The number of ether oxygens (including phenoxy) is 1. The van der Waals surface area contributed by atoms with Gasteiger partial charge in [0.25, 0.3) is 11.6 Å². The molecule has 0 bridgehead atoms. The minimum absolute atomic E-state index is 0.119. The summed E-state index contributed by atoms with van der Waals surface area (Å²) in [6, 6.07) is 4.05. The van der Waals surface area contributed by atoms with Crippen LogP contribution >= 0.6 is 0 Å². The summed E-state index contributed by atoms with van der Waals surface area (Å²) in [7, 11) is 1.42. The Labute approximate surface area is 117 Å². The van der Waals surface area contributed by atoms with E-state index in [4.69, 9.17) is 4.74 Å². The third-order valence-electron chi connectivity index (χ3n) is 2.76. The van der Waals surface area contributed by atoms with E-state index in [-0.39, 0.29) is 17.3 Å². The maximum atomic E-state index is 12.1. The van der Waals surface area contributed by atoms with Crippen LogP contribution in [0.3, 0.4) is 0 Å². The average molecular weight is 281 g/mol. The zero-order valence-corrected chi connectivity index (χ0v) is 11.8. The molecule has 0 aliphatic carbocycles. The number of nitro benzene ring substituents is 1. The van der Waals surface area contributed by atoms with Gasteiger partial charge in [0.2, 0.25) is 0 Å². The molecule has 1 rings (SSSR count). The minimum Gasteiger partial charge on any atom is -0.496 e. The zero-order valence-electron chi connectivity index (χ0n) is 11.8. The maximum Gasteiger partial charge on any atom is 0.270 e. The van der Waals surface area contributed by atoms with Crippen LogP contribution in [0.2, 0.25) is 0 Å². The van der Waals surface area contributed by atoms with Crippen molar-refractivity contribution >= 4 is 11.6 Å². The summed E-state index contributed by atoms with van der Waals surface area (Å²) in [5.41, 5.74) is 0.0149. The van der Waals surface area contributed by atoms with Gasteiger partial charge >= 0.3 is 0 Å². The van der Waals surface area contributed by atoms with Gasteiger partial charge in [-0.3, -0.25) is 14.9 Å². The van der Waals surface area contributed by atoms with Crippen molar-refractivity contribution in [3.8, 4) is 5.75 Å². The highest BCUT2D eigenvalue weighted by Gasteiger charge is 2.17. The number of nitrogens with one attached hydrogen (secondary N) is 2. The Morgan fingerprint density at radius 2 is 2.20 bits per heavy atom. The lowest BCUT2D eigenvalue weighted by atomic mass is 10.1. The minimum atomic E-state index is -0.544. The van der Waals surface area contributed by atoms with Crippen LogP contribution < -0.4 is 15.4 Å². The van der Waals surface area contributed by atoms with Gasteiger partial charge < -0.3 is 15.4 Å². The van der Waals surface area contributed by atoms with Crippen LogP contribution in [0, 0.1) is 10.1 Å². The zero-order chi connectivity index (χ0) is 15.1. The van der Waals surface area contributed by atoms with E-state index in [0.29, 0.717) is 12.3 Å². The molecule has 1 atom stereocenters. The number of carbonyl (C=O) groups excluding carboxylic acids is 1. The van der Waals surface area contributed by atoms with E-state index < -0.39 is 10.8 Å². The van der Waals surface area contributed by atoms with Gasteiger partial charge in [-0.25, -0.2) is 0 Å². The molecule has 1 aromatic carbocycles. The monoisotopic (exact) mass is 281 g/mol. The van der Waals surface area contributed by atoms with Gasteiger partial charge in [-0.05, 0) is 19.5 Å². The molecule has 0 saturated carbocycles. The summed E-state index contributed by atoms with van der Waals surface area (Å²) >= 11 is 0. The predicted molar refractivity (Wildman–Crippen MR) is 75.1 cm³/mol. The van der Waals surface area contributed by atoms with E-state index >= 15 is 0 Å². The molecule has 0 heterocycles. The van der Waals surface area contributed by atoms with Crippen molar-refractivity contribution in [2.45, 2.75) is 19.9 Å². The molecular weight excluding hydrogens is 262 g/mol. The number of benzene rings is 1. The molecule has 0 saturated heterocycles. The van der Waals surface area contributed by atoms with Gasteiger partial charge in [0, 0.05) is 24.7 Å². The van der Waals surface area contributed by atoms with Crippen LogP contribution in [-0.4, -0.2) is 37.1 Å². The number of nitrogens with zero attached hydrogens (tertiary/aromatic N) is 1. The summed E-state index contributed by atoms with van der Waals surface area (Å²) in [5.74, 6) is -0.0838. The largest absolute Gasteiger partial charge is 0.496 e. The number of carbonyl (C=O) groups is 1. The smallest absolute Gasteiger partial charge is 0.270 e. The first-order valence-electron chi connectivity index (χ1n) is 6.33. The number of nitro groups is 1. The second kappa shape index (κ2) is 7.44. The van der Waals surface area contributed by atoms with E-state index in [1.807, 2.05) is 13.8 Å². The fourth-order valence-corrected chi connectivity index (χ4v) is 1.75. The van der Waals surface area contributed by atoms with Crippen LogP contribution in [0.15, 0.2) is 18.2 Å². The lowest BCUT2D eigenvalue weighted by Crippen LogP contribution is -2.38. The number of non-ortho nitro benzene ring substituents is 1. The van der Waals surface area contributed by atoms with Gasteiger partial charge in [-0.1, -0.05) is 6.92 Å². The Kier molecular flexibility index (Phi) is 5.92. The van der Waals surface area contributed by atoms with Crippen LogP contribution in [0.5, 0.6) is 5.75 Å². The van der Waals surface area contributed by atoms with E-state index in [9.17, 15) is 14.9 Å². The molecule has 7 heteroatoms. The van der Waals surface area contributed by atoms with Crippen molar-refractivity contribution in [3.05, 3.63) is 33.9 Å². The Bertz CT molecular complexity index is 491. The summed E-state index contributed by atoms with van der Waals surface area (Å²) in [4.78, 5) is 22.3. The molecule has 7 nitrogen and oxygen atoms in total. The number of rotatable bonds is 7. The number of amides is 1. The molecule has 0 aliphatic heterocycles. The standard InChI is InChI=1S/C13H19N3O4/c1-4-14-9(2)8-15-13(17)11-7-10(16(18)19)5-6-12(11)20-3/h5-7,9,14H,4,8H2,1-3H3,(H,15,17)/t9-/m1/s1. The van der Waals surface area contributed by atoms with Crippen LogP contribution in [0.25, 0.3) is 0 Å². The number of hydrogen-bond donors (Lipinski definition) is 2. The lowest BCUT2D eigenvalue weighted by Gasteiger charge is -2.14. The van der Waals surface area contributed by atoms with Gasteiger partial charge in [-0.15, -0.1) is 0 Å². The van der Waals surface area contributed by atoms with E-state index in [1.54, 1.807) is 0 Å². The Balaban J connectivity index is 2.84. The van der Waals surface area contributed by atoms with E-state index in [2.05, 4.69) is 10.6 Å². The van der Waals surface area contributed by atoms with Crippen LogP contribution in [0.1, 0.15) is 24.2 Å². The highest BCUT2D eigenvalue weighted by Crippen LogP contribution is 2.23. The molecule has 0 aromatic heterocycles. The molecule has 0 unspecified atom stereocenters. The van der Waals surface area contributed by atoms with Crippen molar-refractivity contribution in [2.75, 3.05) is 20.2 Å². The highest BCUT2D eigenvalue weighted by atomic mass is 16.6. The SMILES string of the molecule is CCN[C@H](C)CNC(=O)c1cc([N+](=O)[O-])ccc1OC. The fourth-order valence-electron chi connectivity index (χ4n) is 1.75. The van der Waals surface area contributed by atoms with E-state index in [0.717, 1.165) is 6.54 Å². The fraction of sp³-hybridized carbons (Fsp3) is 0.462. The third-order valence-corrected chi connectivity index (χ3v) is 2.76. The molecule has 1 amide bonds. The summed E-state index contributed by atoms with van der Waals surface area (Å²) in [5, 5.41) is 16.6. The second-order valence-corrected chi connectivity index (χ2v) is 4.31. The molecule has 0 radical (unpaired) electrons. The van der Waals surface area contributed by atoms with Crippen molar-refractivity contribution in [2.24, 2.45) is 0 Å². The number of hydrogen-bond acceptors (Lipinski definition) is 5. The maximum absolute atomic E-state index is 12.1. The first kappa shape index (κ1) is 15.9. The quantitative estimate of drug-likeness (QED) is 0.581. The lowest BCUT2D eigenvalue weighted by molar-refractivity contribution is -0.384. The van der Waals surface area contributed by atoms with Crippen molar-refractivity contribution in [1.82, 2.24) is 10.6 Å². The van der Waals surface area contributed by atoms with E-state index in [1.165, 1.54) is 25.3 Å². The molecular formula is C13H19N3O4. The topological polar surface area (TPSA) is 93.5 Å². The molecule has 20 heavy (non-hydrogen) atoms. The normalized spacial score (nSPS) is 11.8. The highest BCUT2D eigenvalue weighted by molar-refractivity contribution is 5.97. The van der Waals surface area contributed by atoms with Gasteiger partial charge in [0.05, 0.1) is 17.6 Å². The number of likely N-dealkylation sites (N-methyl/N-ethyl adjacent to an activating group) is 1. The Morgan fingerprint density at radius 1 is 1.50 bits per heavy atom. The molecule has 0 aliphatic rings. The number of methoxy groups -OCH3 is 1. The average Bonchev–Trinajstić information content (AvgIpc) is 2.44. The molecule has 110 valence electrons. The summed E-state index contributed by atoms with van der Waals surface area (Å²) in [6.07, 6.45) is 0. The Hall–Kier alpha value is -2.15. The summed E-state index contributed by atoms with van der Waals surface area (Å²) < 4.78 is 5.06. The predicted octanol–water partition coefficient (Wildman–Crippen LogP) is 1.33. The van der Waals surface area contributed by atoms with Gasteiger partial charge in [0.15, 0.2) is 0 Å². The van der Waals surface area contributed by atoms with Crippen molar-refractivity contribution < 1.29 is 14.5 Å². The molecule has 0 fully saturated rings. The van der Waals surface area contributed by atoms with Gasteiger partial charge in [0.1, 0.15) is 5.75 Å². The molecule has 0 spiro atoms. The summed E-state index contributed by atoms with van der Waals surface area (Å²) in [6.45, 7) is 5.14. The first-order chi connectivity index (χ1) is 9.49. The second-order valence-electron chi connectivity index (χ2n) is 4.31. The molecule has 2 N–H and O–H groups in total. The van der Waals surface area contributed by atoms with Crippen molar-refractivity contribution in [3.63, 3.8) is 0 Å².